The molecule has 0 N–H and O–H groups in total. The first-order valence-corrected chi connectivity index (χ1v) is 6.42. The maximum Gasteiger partial charge on any atom is 0.416 e. The van der Waals surface area contributed by atoms with Gasteiger partial charge < -0.3 is 0 Å². The number of alkyl halides is 3. The van der Waals surface area contributed by atoms with E-state index < -0.39 is 11.7 Å². The summed E-state index contributed by atoms with van der Waals surface area (Å²) in [6.07, 6.45) is -3.49. The molecule has 3 heteroatoms. The molecule has 0 saturated carbocycles. The van der Waals surface area contributed by atoms with Crippen LogP contribution >= 0.6 is 0 Å². The van der Waals surface area contributed by atoms with Gasteiger partial charge in [0.25, 0.3) is 0 Å². The fourth-order valence-electron chi connectivity index (χ4n) is 2.32. The Kier molecular flexibility index (Phi) is 4.46. The molecule has 0 aliphatic heterocycles. The van der Waals surface area contributed by atoms with Gasteiger partial charge in [-0.15, -0.1) is 0 Å². The van der Waals surface area contributed by atoms with Crippen molar-refractivity contribution in [3.63, 3.8) is 0 Å². The van der Waals surface area contributed by atoms with E-state index in [1.807, 2.05) is 34.6 Å². The van der Waals surface area contributed by atoms with Gasteiger partial charge in [0.15, 0.2) is 0 Å². The summed E-state index contributed by atoms with van der Waals surface area (Å²) in [7, 11) is 0. The van der Waals surface area contributed by atoms with Gasteiger partial charge >= 0.3 is 6.18 Å². The number of benzene rings is 1. The highest BCUT2D eigenvalue weighted by molar-refractivity contribution is 5.43. The SMILES string of the molecule is CCc1c(C(C)C)cc(C(F)(F)F)cc1C(C)C. The molecule has 0 aliphatic carbocycles. The van der Waals surface area contributed by atoms with Gasteiger partial charge in [-0.05, 0) is 47.1 Å². The first-order chi connectivity index (χ1) is 8.18. The molecule has 0 nitrogen and oxygen atoms in total. The summed E-state index contributed by atoms with van der Waals surface area (Å²) < 4.78 is 38.7. The maximum absolute atomic E-state index is 12.9. The van der Waals surface area contributed by atoms with Crippen LogP contribution in [0.4, 0.5) is 13.2 Å². The summed E-state index contributed by atoms with van der Waals surface area (Å²) >= 11 is 0. The molecular weight excluding hydrogens is 237 g/mol. The highest BCUT2D eigenvalue weighted by Crippen LogP contribution is 2.36. The Bertz CT molecular complexity index is 385. The summed E-state index contributed by atoms with van der Waals surface area (Å²) in [5.41, 5.74) is 2.21. The quantitative estimate of drug-likeness (QED) is 0.670. The molecule has 0 aliphatic rings. The van der Waals surface area contributed by atoms with Crippen molar-refractivity contribution in [3.8, 4) is 0 Å². The van der Waals surface area contributed by atoms with Gasteiger partial charge in [-0.1, -0.05) is 34.6 Å². The van der Waals surface area contributed by atoms with Crippen LogP contribution < -0.4 is 0 Å². The lowest BCUT2D eigenvalue weighted by Crippen LogP contribution is -2.11. The Hall–Kier alpha value is -0.990. The summed E-state index contributed by atoms with van der Waals surface area (Å²) in [5.74, 6) is 0.222. The molecule has 0 unspecified atom stereocenters. The van der Waals surface area contributed by atoms with E-state index in [1.54, 1.807) is 0 Å². The van der Waals surface area contributed by atoms with Crippen molar-refractivity contribution in [1.29, 1.82) is 0 Å². The predicted molar refractivity (Wildman–Crippen MR) is 69.0 cm³/mol. The summed E-state index contributed by atoms with van der Waals surface area (Å²) in [6.45, 7) is 9.77. The van der Waals surface area contributed by atoms with Crippen LogP contribution in [0.15, 0.2) is 12.1 Å². The van der Waals surface area contributed by atoms with Crippen LogP contribution in [-0.2, 0) is 12.6 Å². The van der Waals surface area contributed by atoms with Crippen LogP contribution in [-0.4, -0.2) is 0 Å². The molecule has 1 aromatic carbocycles. The molecule has 0 fully saturated rings. The third-order valence-electron chi connectivity index (χ3n) is 3.24. The maximum atomic E-state index is 12.9. The smallest absolute Gasteiger partial charge is 0.166 e. The fourth-order valence-corrected chi connectivity index (χ4v) is 2.32. The Morgan fingerprint density at radius 2 is 1.33 bits per heavy atom. The highest BCUT2D eigenvalue weighted by Gasteiger charge is 2.32. The van der Waals surface area contributed by atoms with E-state index in [0.717, 1.165) is 23.1 Å². The van der Waals surface area contributed by atoms with E-state index in [4.69, 9.17) is 0 Å². The zero-order valence-corrected chi connectivity index (χ0v) is 11.7. The van der Waals surface area contributed by atoms with Crippen molar-refractivity contribution in [2.45, 2.75) is 59.1 Å². The molecule has 102 valence electrons. The van der Waals surface area contributed by atoms with E-state index in [-0.39, 0.29) is 11.8 Å². The number of hydrogen-bond acceptors (Lipinski definition) is 0. The normalized spacial score (nSPS) is 12.6. The zero-order chi connectivity index (χ0) is 14.1. The van der Waals surface area contributed by atoms with Crippen LogP contribution in [0, 0.1) is 0 Å². The Morgan fingerprint density at radius 3 is 1.56 bits per heavy atom. The molecule has 0 spiro atoms. The first-order valence-electron chi connectivity index (χ1n) is 6.42. The standard InChI is InChI=1S/C15H21F3/c1-6-12-13(9(2)3)7-11(15(16,17)18)8-14(12)10(4)5/h7-10H,6H2,1-5H3. The molecule has 1 rings (SSSR count). The lowest BCUT2D eigenvalue weighted by molar-refractivity contribution is -0.137. The molecule has 0 bridgehead atoms. The lowest BCUT2D eigenvalue weighted by atomic mass is 9.85. The average molecular weight is 258 g/mol. The monoisotopic (exact) mass is 258 g/mol. The summed E-state index contributed by atoms with van der Waals surface area (Å²) in [6, 6.07) is 2.63. The predicted octanol–water partition coefficient (Wildman–Crippen LogP) is 5.51. The molecule has 0 radical (unpaired) electrons. The van der Waals surface area contributed by atoms with Crippen LogP contribution in [0.2, 0.25) is 0 Å². The second-order valence-electron chi connectivity index (χ2n) is 5.29. The highest BCUT2D eigenvalue weighted by atomic mass is 19.4. The second-order valence-corrected chi connectivity index (χ2v) is 5.29. The molecule has 0 heterocycles. The van der Waals surface area contributed by atoms with E-state index in [1.165, 1.54) is 12.1 Å². The van der Waals surface area contributed by atoms with Crippen molar-refractivity contribution in [3.05, 3.63) is 34.4 Å². The van der Waals surface area contributed by atoms with Crippen molar-refractivity contribution < 1.29 is 13.2 Å². The van der Waals surface area contributed by atoms with Gasteiger partial charge in [0, 0.05) is 0 Å². The molecule has 0 atom stereocenters. The van der Waals surface area contributed by atoms with Crippen LogP contribution in [0.25, 0.3) is 0 Å². The minimum absolute atomic E-state index is 0.111. The van der Waals surface area contributed by atoms with Gasteiger partial charge in [-0.2, -0.15) is 13.2 Å². The zero-order valence-electron chi connectivity index (χ0n) is 11.7. The molecular formula is C15H21F3. The molecule has 1 aromatic rings. The topological polar surface area (TPSA) is 0 Å². The summed E-state index contributed by atoms with van der Waals surface area (Å²) in [4.78, 5) is 0. The van der Waals surface area contributed by atoms with E-state index >= 15 is 0 Å². The second kappa shape index (κ2) is 5.33. The number of hydrogen-bond donors (Lipinski definition) is 0. The average Bonchev–Trinajstić information content (AvgIpc) is 2.25. The molecule has 0 aromatic heterocycles. The number of rotatable bonds is 3. The van der Waals surface area contributed by atoms with Gasteiger partial charge in [0.05, 0.1) is 5.56 Å². The van der Waals surface area contributed by atoms with Gasteiger partial charge in [-0.25, -0.2) is 0 Å². The summed E-state index contributed by atoms with van der Waals surface area (Å²) in [5, 5.41) is 0. The third-order valence-corrected chi connectivity index (χ3v) is 3.24. The first kappa shape index (κ1) is 15.1. The van der Waals surface area contributed by atoms with E-state index in [9.17, 15) is 13.2 Å². The van der Waals surface area contributed by atoms with Crippen molar-refractivity contribution in [2.75, 3.05) is 0 Å². The van der Waals surface area contributed by atoms with Crippen molar-refractivity contribution in [2.24, 2.45) is 0 Å². The largest absolute Gasteiger partial charge is 0.416 e. The minimum Gasteiger partial charge on any atom is -0.166 e. The molecule has 18 heavy (non-hydrogen) atoms. The minimum atomic E-state index is -4.26. The van der Waals surface area contributed by atoms with E-state index in [0.29, 0.717) is 0 Å². The third kappa shape index (κ3) is 3.06. The Balaban J connectivity index is 3.54. The van der Waals surface area contributed by atoms with E-state index in [2.05, 4.69) is 0 Å². The van der Waals surface area contributed by atoms with Crippen LogP contribution in [0.3, 0.4) is 0 Å². The fraction of sp³-hybridized carbons (Fsp3) is 0.600. The Labute approximate surface area is 107 Å². The van der Waals surface area contributed by atoms with Gasteiger partial charge in [0.1, 0.15) is 0 Å². The molecule has 0 saturated heterocycles. The van der Waals surface area contributed by atoms with Crippen LogP contribution in [0.5, 0.6) is 0 Å². The van der Waals surface area contributed by atoms with Crippen LogP contribution in [0.1, 0.15) is 68.7 Å². The Morgan fingerprint density at radius 1 is 0.944 bits per heavy atom. The van der Waals surface area contributed by atoms with Crippen molar-refractivity contribution in [1.82, 2.24) is 0 Å². The lowest BCUT2D eigenvalue weighted by Gasteiger charge is -2.21. The number of halogens is 3. The van der Waals surface area contributed by atoms with Gasteiger partial charge in [0.2, 0.25) is 0 Å². The van der Waals surface area contributed by atoms with Gasteiger partial charge in [-0.3, -0.25) is 0 Å². The molecule has 0 amide bonds. The van der Waals surface area contributed by atoms with Crippen molar-refractivity contribution >= 4 is 0 Å².